The van der Waals surface area contributed by atoms with Crippen LogP contribution >= 0.6 is 0 Å². The molecule has 0 radical (unpaired) electrons. The van der Waals surface area contributed by atoms with Gasteiger partial charge in [0.1, 0.15) is 5.52 Å². The lowest BCUT2D eigenvalue weighted by atomic mass is 10.2. The number of benzene rings is 1. The summed E-state index contributed by atoms with van der Waals surface area (Å²) >= 11 is 0. The van der Waals surface area contributed by atoms with E-state index in [0.29, 0.717) is 6.61 Å². The summed E-state index contributed by atoms with van der Waals surface area (Å²) in [5, 5.41) is 8.23. The van der Waals surface area contributed by atoms with Crippen LogP contribution in [-0.2, 0) is 18.3 Å². The number of methoxy groups -OCH3 is 1. The molecule has 8 nitrogen and oxygen atoms in total. The molecule has 1 aromatic carbocycles. The van der Waals surface area contributed by atoms with Gasteiger partial charge in [-0.3, -0.25) is 4.57 Å². The first-order valence-electron chi connectivity index (χ1n) is 7.61. The lowest BCUT2D eigenvalue weighted by Crippen LogP contribution is -2.07. The third kappa shape index (κ3) is 2.37. The van der Waals surface area contributed by atoms with Gasteiger partial charge in [-0.2, -0.15) is 0 Å². The number of ether oxygens (including phenoxy) is 1. The van der Waals surface area contributed by atoms with E-state index in [9.17, 15) is 0 Å². The molecular weight excluding hydrogens is 306 g/mol. The first-order chi connectivity index (χ1) is 11.8. The molecule has 4 rings (SSSR count). The number of hydrogen-bond donors (Lipinski definition) is 0. The zero-order chi connectivity index (χ0) is 16.5. The fraction of sp³-hybridized carbons (Fsp3) is 0.250. The van der Waals surface area contributed by atoms with Crippen LogP contribution in [0.1, 0.15) is 0 Å². The maximum Gasteiger partial charge on any atom is 0.181 e. The number of fused-ring (bicyclic) bond motifs is 1. The third-order valence-corrected chi connectivity index (χ3v) is 3.96. The highest BCUT2D eigenvalue weighted by Gasteiger charge is 2.14. The van der Waals surface area contributed by atoms with Crippen molar-refractivity contribution in [2.75, 3.05) is 13.7 Å². The highest BCUT2D eigenvalue weighted by molar-refractivity contribution is 5.77. The van der Waals surface area contributed by atoms with Crippen molar-refractivity contribution >= 4 is 11.0 Å². The molecule has 0 unspecified atom stereocenters. The summed E-state index contributed by atoms with van der Waals surface area (Å²) in [6.45, 7) is 1.34. The van der Waals surface area contributed by atoms with Crippen molar-refractivity contribution in [3.63, 3.8) is 0 Å². The second-order valence-electron chi connectivity index (χ2n) is 5.44. The highest BCUT2D eigenvalue weighted by Crippen LogP contribution is 2.22. The number of hydrogen-bond acceptors (Lipinski definition) is 5. The van der Waals surface area contributed by atoms with Gasteiger partial charge in [0.25, 0.3) is 0 Å². The Balaban J connectivity index is 1.78. The normalized spacial score (nSPS) is 11.4. The molecule has 0 saturated heterocycles. The van der Waals surface area contributed by atoms with E-state index in [-0.39, 0.29) is 0 Å². The highest BCUT2D eigenvalue weighted by atomic mass is 16.5. The van der Waals surface area contributed by atoms with Crippen LogP contribution in [0.5, 0.6) is 0 Å². The maximum absolute atomic E-state index is 5.16. The van der Waals surface area contributed by atoms with Crippen LogP contribution in [0.25, 0.3) is 28.4 Å². The lowest BCUT2D eigenvalue weighted by molar-refractivity contribution is 0.187. The molecule has 0 aliphatic carbocycles. The molecule has 0 atom stereocenters. The first kappa shape index (κ1) is 14.6. The molecule has 122 valence electrons. The van der Waals surface area contributed by atoms with Gasteiger partial charge in [-0.15, -0.1) is 5.10 Å². The minimum Gasteiger partial charge on any atom is -0.383 e. The van der Waals surface area contributed by atoms with Crippen LogP contribution in [-0.4, -0.2) is 47.8 Å². The van der Waals surface area contributed by atoms with Crippen molar-refractivity contribution in [3.8, 4) is 17.3 Å². The molecule has 0 bridgehead atoms. The molecule has 0 amide bonds. The van der Waals surface area contributed by atoms with Crippen LogP contribution < -0.4 is 0 Å². The van der Waals surface area contributed by atoms with E-state index >= 15 is 0 Å². The van der Waals surface area contributed by atoms with E-state index in [4.69, 9.17) is 4.74 Å². The van der Waals surface area contributed by atoms with Crippen molar-refractivity contribution in [2.45, 2.75) is 6.54 Å². The first-order valence-corrected chi connectivity index (χ1v) is 7.61. The molecule has 4 aromatic rings. The van der Waals surface area contributed by atoms with Gasteiger partial charge in [-0.05, 0) is 18.2 Å². The monoisotopic (exact) mass is 323 g/mol. The average Bonchev–Trinajstić information content (AvgIpc) is 3.32. The largest absolute Gasteiger partial charge is 0.383 e. The van der Waals surface area contributed by atoms with E-state index < -0.39 is 0 Å². The molecular formula is C16H17N7O. The van der Waals surface area contributed by atoms with E-state index in [1.54, 1.807) is 24.2 Å². The molecule has 0 spiro atoms. The molecule has 0 aliphatic rings. The van der Waals surface area contributed by atoms with Gasteiger partial charge in [-0.1, -0.05) is 5.21 Å². The number of imidazole rings is 2. The summed E-state index contributed by atoms with van der Waals surface area (Å²) < 4.78 is 10.9. The van der Waals surface area contributed by atoms with Crippen LogP contribution in [0.2, 0.25) is 0 Å². The minimum absolute atomic E-state index is 0.621. The van der Waals surface area contributed by atoms with Gasteiger partial charge in [0.05, 0.1) is 12.1 Å². The van der Waals surface area contributed by atoms with Crippen molar-refractivity contribution in [1.82, 2.24) is 34.1 Å². The minimum atomic E-state index is 0.621. The Hall–Kier alpha value is -3.00. The molecule has 8 heteroatoms. The fourth-order valence-electron chi connectivity index (χ4n) is 2.74. The Morgan fingerprint density at radius 3 is 2.79 bits per heavy atom. The number of aryl methyl sites for hydroxylation is 1. The Bertz CT molecular complexity index is 981. The van der Waals surface area contributed by atoms with Crippen molar-refractivity contribution in [2.24, 2.45) is 7.05 Å². The quantitative estimate of drug-likeness (QED) is 0.558. The fourth-order valence-corrected chi connectivity index (χ4v) is 2.74. The van der Waals surface area contributed by atoms with Crippen molar-refractivity contribution < 1.29 is 4.74 Å². The Morgan fingerprint density at radius 2 is 1.92 bits per heavy atom. The SMILES string of the molecule is COCCn1ccnc1-c1nccn1-c1ccc2c(c1)nnn2C. The lowest BCUT2D eigenvalue weighted by Gasteiger charge is -2.10. The summed E-state index contributed by atoms with van der Waals surface area (Å²) in [5.41, 5.74) is 2.80. The predicted molar refractivity (Wildman–Crippen MR) is 88.7 cm³/mol. The number of aromatic nitrogens is 7. The molecule has 0 aliphatic heterocycles. The maximum atomic E-state index is 5.16. The van der Waals surface area contributed by atoms with Gasteiger partial charge >= 0.3 is 0 Å². The second-order valence-corrected chi connectivity index (χ2v) is 5.44. The number of rotatable bonds is 5. The smallest absolute Gasteiger partial charge is 0.181 e. The van der Waals surface area contributed by atoms with Gasteiger partial charge in [0, 0.05) is 51.2 Å². The van der Waals surface area contributed by atoms with E-state index in [2.05, 4.69) is 20.3 Å². The zero-order valence-corrected chi connectivity index (χ0v) is 13.5. The van der Waals surface area contributed by atoms with E-state index in [1.807, 2.05) is 46.8 Å². The summed E-state index contributed by atoms with van der Waals surface area (Å²) in [6.07, 6.45) is 7.39. The molecule has 24 heavy (non-hydrogen) atoms. The second kappa shape index (κ2) is 5.89. The van der Waals surface area contributed by atoms with Crippen LogP contribution in [0, 0.1) is 0 Å². The van der Waals surface area contributed by atoms with Gasteiger partial charge < -0.3 is 9.30 Å². The van der Waals surface area contributed by atoms with Crippen LogP contribution in [0.3, 0.4) is 0 Å². The average molecular weight is 323 g/mol. The summed E-state index contributed by atoms with van der Waals surface area (Å²) in [5.74, 6) is 1.58. The predicted octanol–water partition coefficient (Wildman–Crippen LogP) is 1.66. The van der Waals surface area contributed by atoms with Crippen molar-refractivity contribution in [1.29, 1.82) is 0 Å². The van der Waals surface area contributed by atoms with Gasteiger partial charge in [-0.25, -0.2) is 14.6 Å². The van der Waals surface area contributed by atoms with E-state index in [1.165, 1.54) is 0 Å². The molecule has 3 aromatic heterocycles. The molecule has 3 heterocycles. The van der Waals surface area contributed by atoms with Crippen LogP contribution in [0.4, 0.5) is 0 Å². The summed E-state index contributed by atoms with van der Waals surface area (Å²) in [6, 6.07) is 6.03. The Morgan fingerprint density at radius 1 is 1.08 bits per heavy atom. The number of nitrogens with zero attached hydrogens (tertiary/aromatic N) is 7. The molecule has 0 fully saturated rings. The zero-order valence-electron chi connectivity index (χ0n) is 13.5. The Kier molecular flexibility index (Phi) is 3.58. The van der Waals surface area contributed by atoms with Crippen molar-refractivity contribution in [3.05, 3.63) is 43.0 Å². The van der Waals surface area contributed by atoms with E-state index in [0.717, 1.165) is 34.9 Å². The summed E-state index contributed by atoms with van der Waals surface area (Å²) in [4.78, 5) is 8.94. The standard InChI is InChI=1S/C16H17N7O/c1-21-14-4-3-12(11-13(14)19-20-21)23-8-6-18-16(23)15-17-5-7-22(15)9-10-24-2/h3-8,11H,9-10H2,1-2H3. The Labute approximate surface area is 138 Å². The topological polar surface area (TPSA) is 75.6 Å². The van der Waals surface area contributed by atoms with Crippen LogP contribution in [0.15, 0.2) is 43.0 Å². The van der Waals surface area contributed by atoms with Gasteiger partial charge in [0.15, 0.2) is 11.6 Å². The molecule has 0 saturated carbocycles. The third-order valence-electron chi connectivity index (χ3n) is 3.96. The summed E-state index contributed by atoms with van der Waals surface area (Å²) in [7, 11) is 3.57. The molecule has 0 N–H and O–H groups in total. The van der Waals surface area contributed by atoms with Gasteiger partial charge in [0.2, 0.25) is 0 Å².